The van der Waals surface area contributed by atoms with Crippen LogP contribution in [0.3, 0.4) is 0 Å². The molecule has 0 fully saturated rings. The summed E-state index contributed by atoms with van der Waals surface area (Å²) >= 11 is 0. The number of allylic oxidation sites excluding steroid dienone is 2. The van der Waals surface area contributed by atoms with Crippen LogP contribution in [-0.4, -0.2) is 47.4 Å². The molecule has 2 atom stereocenters. The normalized spacial score (nSPS) is 12.6. The van der Waals surface area contributed by atoms with Gasteiger partial charge in [-0.3, -0.25) is 9.59 Å². The molecule has 0 aliphatic carbocycles. The van der Waals surface area contributed by atoms with Gasteiger partial charge in [0.2, 0.25) is 5.91 Å². The van der Waals surface area contributed by atoms with E-state index in [-0.39, 0.29) is 18.5 Å². The molecule has 1 amide bonds. The van der Waals surface area contributed by atoms with E-state index < -0.39 is 12.1 Å². The molecule has 0 aromatic heterocycles. The summed E-state index contributed by atoms with van der Waals surface area (Å²) in [6, 6.07) is -0.545. The molecule has 0 aliphatic heterocycles. The fourth-order valence-corrected chi connectivity index (χ4v) is 8.93. The van der Waals surface area contributed by atoms with Crippen molar-refractivity contribution >= 4 is 11.9 Å². The minimum Gasteiger partial charge on any atom is -0.466 e. The number of amides is 1. The first-order valence-corrected chi connectivity index (χ1v) is 28.4. The van der Waals surface area contributed by atoms with Gasteiger partial charge in [-0.15, -0.1) is 0 Å². The van der Waals surface area contributed by atoms with E-state index in [2.05, 4.69) is 31.3 Å². The van der Waals surface area contributed by atoms with Crippen molar-refractivity contribution in [2.45, 2.75) is 328 Å². The van der Waals surface area contributed by atoms with E-state index in [1.165, 1.54) is 244 Å². The Morgan fingerprint density at radius 3 is 1.13 bits per heavy atom. The number of aliphatic hydroxyl groups excluding tert-OH is 2. The minimum atomic E-state index is -0.667. The van der Waals surface area contributed by atoms with Crippen molar-refractivity contribution < 1.29 is 24.5 Å². The number of unbranched alkanes of at least 4 members (excludes halogenated alkanes) is 40. The molecule has 2 unspecified atom stereocenters. The Bertz CT molecular complexity index is 939. The van der Waals surface area contributed by atoms with Gasteiger partial charge in [-0.1, -0.05) is 264 Å². The van der Waals surface area contributed by atoms with Gasteiger partial charge < -0.3 is 20.3 Å². The van der Waals surface area contributed by atoms with Gasteiger partial charge in [0, 0.05) is 12.8 Å². The van der Waals surface area contributed by atoms with Crippen molar-refractivity contribution in [1.82, 2.24) is 5.32 Å². The van der Waals surface area contributed by atoms with Crippen LogP contribution < -0.4 is 5.32 Å². The lowest BCUT2D eigenvalue weighted by Gasteiger charge is -2.22. The van der Waals surface area contributed by atoms with E-state index in [1.54, 1.807) is 0 Å². The number of nitrogens with one attached hydrogen (secondary N) is 1. The maximum atomic E-state index is 12.4. The number of carbonyl (C=O) groups is 2. The van der Waals surface area contributed by atoms with Crippen molar-refractivity contribution in [3.63, 3.8) is 0 Å². The molecule has 6 nitrogen and oxygen atoms in total. The summed E-state index contributed by atoms with van der Waals surface area (Å²) in [7, 11) is 0. The van der Waals surface area contributed by atoms with Crippen LogP contribution in [0.4, 0.5) is 0 Å². The topological polar surface area (TPSA) is 95.9 Å². The van der Waals surface area contributed by atoms with Crippen LogP contribution in [0.2, 0.25) is 0 Å². The Morgan fingerprint density at radius 1 is 0.429 bits per heavy atom. The molecule has 0 saturated carbocycles. The van der Waals surface area contributed by atoms with E-state index in [1.807, 2.05) is 0 Å². The number of carbonyl (C=O) groups excluding carboxylic acids is 2. The Morgan fingerprint density at radius 2 is 0.746 bits per heavy atom. The average molecular weight is 891 g/mol. The second-order valence-electron chi connectivity index (χ2n) is 19.6. The van der Waals surface area contributed by atoms with Crippen LogP contribution >= 0.6 is 0 Å². The molecule has 6 heteroatoms. The number of esters is 1. The monoisotopic (exact) mass is 890 g/mol. The van der Waals surface area contributed by atoms with Gasteiger partial charge in [0.25, 0.3) is 0 Å². The summed E-state index contributed by atoms with van der Waals surface area (Å²) < 4.78 is 5.47. The van der Waals surface area contributed by atoms with Gasteiger partial charge in [-0.25, -0.2) is 0 Å². The molecule has 0 heterocycles. The fourth-order valence-electron chi connectivity index (χ4n) is 8.93. The summed E-state index contributed by atoms with van der Waals surface area (Å²) in [5.74, 6) is -0.0322. The van der Waals surface area contributed by atoms with Gasteiger partial charge in [0.15, 0.2) is 0 Å². The molecule has 3 N–H and O–H groups in total. The molecule has 0 aromatic carbocycles. The maximum absolute atomic E-state index is 12.4. The second-order valence-corrected chi connectivity index (χ2v) is 19.6. The van der Waals surface area contributed by atoms with Gasteiger partial charge in [0.1, 0.15) is 0 Å². The van der Waals surface area contributed by atoms with Crippen LogP contribution in [0.5, 0.6) is 0 Å². The Balaban J connectivity index is 3.40. The van der Waals surface area contributed by atoms with Crippen LogP contribution in [0.15, 0.2) is 12.2 Å². The molecular formula is C57H111NO5. The quantitative estimate of drug-likeness (QED) is 0.0321. The van der Waals surface area contributed by atoms with Crippen molar-refractivity contribution in [1.29, 1.82) is 0 Å². The average Bonchev–Trinajstić information content (AvgIpc) is 3.28. The third-order valence-electron chi connectivity index (χ3n) is 13.3. The second kappa shape index (κ2) is 53.2. The highest BCUT2D eigenvalue weighted by Crippen LogP contribution is 2.17. The molecule has 0 spiro atoms. The predicted octanol–water partition coefficient (Wildman–Crippen LogP) is 17.3. The summed E-state index contributed by atoms with van der Waals surface area (Å²) in [5, 5.41) is 23.2. The van der Waals surface area contributed by atoms with Crippen molar-refractivity contribution in [2.75, 3.05) is 13.2 Å². The van der Waals surface area contributed by atoms with Gasteiger partial charge >= 0.3 is 5.97 Å². The Kier molecular flexibility index (Phi) is 52.0. The molecule has 0 aromatic rings. The van der Waals surface area contributed by atoms with Crippen LogP contribution in [0.1, 0.15) is 316 Å². The molecule has 0 bridgehead atoms. The van der Waals surface area contributed by atoms with E-state index in [0.717, 1.165) is 38.5 Å². The lowest BCUT2D eigenvalue weighted by atomic mass is 10.0. The van der Waals surface area contributed by atoms with E-state index >= 15 is 0 Å². The number of ether oxygens (including phenoxy) is 1. The van der Waals surface area contributed by atoms with Gasteiger partial charge in [-0.2, -0.15) is 0 Å². The number of aliphatic hydroxyl groups is 2. The van der Waals surface area contributed by atoms with E-state index in [0.29, 0.717) is 25.9 Å². The van der Waals surface area contributed by atoms with Crippen LogP contribution in [0.25, 0.3) is 0 Å². The zero-order valence-corrected chi connectivity index (χ0v) is 42.6. The summed E-state index contributed by atoms with van der Waals surface area (Å²) in [5.41, 5.74) is 0. The highest BCUT2D eigenvalue weighted by Gasteiger charge is 2.20. The highest BCUT2D eigenvalue weighted by atomic mass is 16.5. The predicted molar refractivity (Wildman–Crippen MR) is 273 cm³/mol. The number of rotatable bonds is 53. The maximum Gasteiger partial charge on any atom is 0.305 e. The molecule has 0 rings (SSSR count). The number of hydrogen-bond acceptors (Lipinski definition) is 5. The van der Waals surface area contributed by atoms with Crippen molar-refractivity contribution in [3.8, 4) is 0 Å². The fraction of sp³-hybridized carbons (Fsp3) is 0.930. The van der Waals surface area contributed by atoms with Crippen LogP contribution in [-0.2, 0) is 14.3 Å². The van der Waals surface area contributed by atoms with Gasteiger partial charge in [0.05, 0.1) is 25.4 Å². The summed E-state index contributed by atoms with van der Waals surface area (Å²) in [6.07, 6.45) is 62.0. The molecule has 0 saturated heterocycles. The molecular weight excluding hydrogens is 779 g/mol. The Labute approximate surface area is 393 Å². The largest absolute Gasteiger partial charge is 0.466 e. The zero-order chi connectivity index (χ0) is 45.8. The first kappa shape index (κ1) is 61.6. The third kappa shape index (κ3) is 49.9. The summed E-state index contributed by atoms with van der Waals surface area (Å²) in [6.45, 7) is 4.95. The smallest absolute Gasteiger partial charge is 0.305 e. The van der Waals surface area contributed by atoms with E-state index in [9.17, 15) is 19.8 Å². The Hall–Kier alpha value is -1.40. The lowest BCUT2D eigenvalue weighted by molar-refractivity contribution is -0.143. The molecule has 374 valence electrons. The summed E-state index contributed by atoms with van der Waals surface area (Å²) in [4.78, 5) is 24.5. The zero-order valence-electron chi connectivity index (χ0n) is 42.6. The minimum absolute atomic E-state index is 0.0100. The first-order valence-electron chi connectivity index (χ1n) is 28.4. The van der Waals surface area contributed by atoms with E-state index in [4.69, 9.17) is 4.74 Å². The first-order chi connectivity index (χ1) is 31.0. The SMILES string of the molecule is CCCCCCCCCCCCCCCC(=O)OCCCCCCCCCCCC/C=C\CCCCCCCCCC(=O)NC(CO)C(O)CCCCCCCCCCCCCC. The molecule has 0 aliphatic rings. The highest BCUT2D eigenvalue weighted by molar-refractivity contribution is 5.76. The standard InChI is InChI=1S/C57H111NO5/c1-3-5-7-9-11-13-15-26-31-35-39-43-47-51-57(62)63-52-48-44-40-36-32-28-25-23-21-19-17-18-20-22-24-27-30-34-38-42-46-50-56(61)58-54(53-59)55(60)49-45-41-37-33-29-16-14-12-10-8-6-4-2/h18,20,54-55,59-60H,3-17,19,21-53H2,1-2H3,(H,58,61)/b20-18-. The van der Waals surface area contributed by atoms with Crippen LogP contribution in [0, 0.1) is 0 Å². The number of hydrogen-bond donors (Lipinski definition) is 3. The molecule has 63 heavy (non-hydrogen) atoms. The van der Waals surface area contributed by atoms with Crippen molar-refractivity contribution in [2.24, 2.45) is 0 Å². The third-order valence-corrected chi connectivity index (χ3v) is 13.3. The molecule has 0 radical (unpaired) electrons. The lowest BCUT2D eigenvalue weighted by Crippen LogP contribution is -2.45. The van der Waals surface area contributed by atoms with Gasteiger partial charge in [-0.05, 0) is 51.4 Å². The van der Waals surface area contributed by atoms with Crippen molar-refractivity contribution in [3.05, 3.63) is 12.2 Å².